The molecule has 0 amide bonds. The highest BCUT2D eigenvalue weighted by molar-refractivity contribution is 6.38. The first-order chi connectivity index (χ1) is 13.6. The fourth-order valence-electron chi connectivity index (χ4n) is 3.58. The summed E-state index contributed by atoms with van der Waals surface area (Å²) >= 11 is 0. The number of methoxy groups -OCH3 is 2. The van der Waals surface area contributed by atoms with E-state index in [0.29, 0.717) is 25.7 Å². The second-order valence-corrected chi connectivity index (χ2v) is 7.17. The minimum absolute atomic E-state index is 0.251. The van der Waals surface area contributed by atoms with Crippen molar-refractivity contribution in [1.29, 1.82) is 0 Å². The van der Waals surface area contributed by atoms with Crippen LogP contribution in [-0.2, 0) is 22.4 Å². The normalized spacial score (nSPS) is 19.8. The Kier molecular flexibility index (Phi) is 6.64. The SMILES string of the molecule is COc1ccc(C[C@H]2CC=CC[C@H](Cc3ccc(OC)cc3)C(=O)C2=O)cc1. The van der Waals surface area contributed by atoms with Crippen LogP contribution in [0.3, 0.4) is 0 Å². The lowest BCUT2D eigenvalue weighted by Gasteiger charge is -2.21. The Bertz CT molecular complexity index is 762. The molecule has 0 bridgehead atoms. The number of carbonyl (C=O) groups is 2. The molecule has 2 aromatic rings. The fourth-order valence-corrected chi connectivity index (χ4v) is 3.58. The van der Waals surface area contributed by atoms with Gasteiger partial charge < -0.3 is 9.47 Å². The summed E-state index contributed by atoms with van der Waals surface area (Å²) in [6, 6.07) is 15.3. The van der Waals surface area contributed by atoms with Crippen molar-refractivity contribution >= 4 is 11.6 Å². The molecule has 0 spiro atoms. The zero-order chi connectivity index (χ0) is 19.9. The number of Topliss-reactive ketones (excluding diaryl/α,β-unsaturated/α-hetero) is 2. The van der Waals surface area contributed by atoms with Crippen LogP contribution in [0.1, 0.15) is 24.0 Å². The summed E-state index contributed by atoms with van der Waals surface area (Å²) in [5, 5.41) is 0. The minimum Gasteiger partial charge on any atom is -0.497 e. The lowest BCUT2D eigenvalue weighted by atomic mass is 9.81. The van der Waals surface area contributed by atoms with Crippen molar-refractivity contribution in [3.05, 3.63) is 71.8 Å². The molecule has 1 aliphatic rings. The van der Waals surface area contributed by atoms with Gasteiger partial charge in [-0.2, -0.15) is 0 Å². The average Bonchev–Trinajstić information content (AvgIpc) is 2.74. The topological polar surface area (TPSA) is 52.6 Å². The third-order valence-corrected chi connectivity index (χ3v) is 5.27. The number of hydrogen-bond acceptors (Lipinski definition) is 4. The molecule has 4 heteroatoms. The maximum atomic E-state index is 12.9. The Balaban J connectivity index is 1.71. The Morgan fingerprint density at radius 2 is 1.04 bits per heavy atom. The van der Waals surface area contributed by atoms with Crippen molar-refractivity contribution < 1.29 is 19.1 Å². The molecule has 146 valence electrons. The number of carbonyl (C=O) groups excluding carboxylic acids is 2. The van der Waals surface area contributed by atoms with Crippen LogP contribution in [0, 0.1) is 11.8 Å². The van der Waals surface area contributed by atoms with E-state index >= 15 is 0 Å². The van der Waals surface area contributed by atoms with Gasteiger partial charge in [0.2, 0.25) is 11.6 Å². The van der Waals surface area contributed by atoms with Gasteiger partial charge in [-0.15, -0.1) is 0 Å². The van der Waals surface area contributed by atoms with Crippen LogP contribution < -0.4 is 9.47 Å². The van der Waals surface area contributed by atoms with Gasteiger partial charge in [-0.05, 0) is 61.1 Å². The largest absolute Gasteiger partial charge is 0.497 e. The lowest BCUT2D eigenvalue weighted by molar-refractivity contribution is -0.141. The molecule has 2 atom stereocenters. The number of rotatable bonds is 6. The van der Waals surface area contributed by atoms with Gasteiger partial charge in [-0.25, -0.2) is 0 Å². The van der Waals surface area contributed by atoms with Crippen LogP contribution in [0.4, 0.5) is 0 Å². The standard InChI is InChI=1S/C24H26O4/c1-27-21-11-7-17(8-12-21)15-19-5-3-4-6-20(24(26)23(19)25)16-18-9-13-22(28-2)14-10-18/h3-4,7-14,19-20H,5-6,15-16H2,1-2H3/t19-,20-/m1/s1. The number of allylic oxidation sites excluding steroid dienone is 2. The molecule has 0 aliphatic heterocycles. The zero-order valence-electron chi connectivity index (χ0n) is 16.4. The Morgan fingerprint density at radius 1 is 0.679 bits per heavy atom. The summed E-state index contributed by atoms with van der Waals surface area (Å²) in [5.41, 5.74) is 2.07. The van der Waals surface area contributed by atoms with Crippen LogP contribution in [0.15, 0.2) is 60.7 Å². The molecule has 0 aromatic heterocycles. The highest BCUT2D eigenvalue weighted by atomic mass is 16.5. The summed E-state index contributed by atoms with van der Waals surface area (Å²) < 4.78 is 10.4. The van der Waals surface area contributed by atoms with Gasteiger partial charge in [0.05, 0.1) is 14.2 Å². The fraction of sp³-hybridized carbons (Fsp3) is 0.333. The molecule has 0 radical (unpaired) electrons. The first-order valence-corrected chi connectivity index (χ1v) is 9.59. The van der Waals surface area contributed by atoms with E-state index in [0.717, 1.165) is 22.6 Å². The summed E-state index contributed by atoms with van der Waals surface area (Å²) in [6.45, 7) is 0. The number of benzene rings is 2. The first-order valence-electron chi connectivity index (χ1n) is 9.59. The molecule has 4 nitrogen and oxygen atoms in total. The molecule has 0 fully saturated rings. The second kappa shape index (κ2) is 9.36. The maximum absolute atomic E-state index is 12.9. The highest BCUT2D eigenvalue weighted by Gasteiger charge is 2.31. The van der Waals surface area contributed by atoms with Crippen molar-refractivity contribution in [1.82, 2.24) is 0 Å². The van der Waals surface area contributed by atoms with Crippen molar-refractivity contribution in [2.24, 2.45) is 11.8 Å². The van der Waals surface area contributed by atoms with E-state index in [1.165, 1.54) is 0 Å². The third-order valence-electron chi connectivity index (χ3n) is 5.27. The summed E-state index contributed by atoms with van der Waals surface area (Å²) in [4.78, 5) is 25.8. The lowest BCUT2D eigenvalue weighted by Crippen LogP contribution is -2.32. The van der Waals surface area contributed by atoms with E-state index in [1.807, 2.05) is 60.7 Å². The Hall–Kier alpha value is -2.88. The van der Waals surface area contributed by atoms with Gasteiger partial charge in [-0.1, -0.05) is 36.4 Å². The van der Waals surface area contributed by atoms with Crippen LogP contribution in [-0.4, -0.2) is 25.8 Å². The van der Waals surface area contributed by atoms with Crippen LogP contribution >= 0.6 is 0 Å². The van der Waals surface area contributed by atoms with Gasteiger partial charge in [-0.3, -0.25) is 9.59 Å². The molecule has 0 N–H and O–H groups in total. The molecular weight excluding hydrogens is 352 g/mol. The first kappa shape index (κ1) is 19.9. The summed E-state index contributed by atoms with van der Waals surface area (Å²) in [6.07, 6.45) is 6.42. The third kappa shape index (κ3) is 4.89. The number of hydrogen-bond donors (Lipinski definition) is 0. The smallest absolute Gasteiger partial charge is 0.202 e. The van der Waals surface area contributed by atoms with Crippen LogP contribution in [0.2, 0.25) is 0 Å². The average molecular weight is 378 g/mol. The van der Waals surface area contributed by atoms with Crippen LogP contribution in [0.5, 0.6) is 11.5 Å². The van der Waals surface area contributed by atoms with E-state index in [9.17, 15) is 9.59 Å². The van der Waals surface area contributed by atoms with Gasteiger partial charge in [0.1, 0.15) is 11.5 Å². The second-order valence-electron chi connectivity index (χ2n) is 7.17. The van der Waals surface area contributed by atoms with Crippen molar-refractivity contribution in [2.45, 2.75) is 25.7 Å². The zero-order valence-corrected chi connectivity index (χ0v) is 16.4. The van der Waals surface area contributed by atoms with E-state index in [-0.39, 0.29) is 23.4 Å². The number of ether oxygens (including phenoxy) is 2. The highest BCUT2D eigenvalue weighted by Crippen LogP contribution is 2.25. The molecule has 0 saturated heterocycles. The molecule has 0 saturated carbocycles. The molecular formula is C24H26O4. The van der Waals surface area contributed by atoms with Gasteiger partial charge in [0, 0.05) is 11.8 Å². The molecule has 3 rings (SSSR count). The van der Waals surface area contributed by atoms with Crippen molar-refractivity contribution in [2.75, 3.05) is 14.2 Å². The minimum atomic E-state index is -0.309. The Morgan fingerprint density at radius 3 is 1.36 bits per heavy atom. The summed E-state index contributed by atoms with van der Waals surface area (Å²) in [7, 11) is 3.25. The predicted molar refractivity (Wildman–Crippen MR) is 109 cm³/mol. The van der Waals surface area contributed by atoms with Crippen molar-refractivity contribution in [3.8, 4) is 11.5 Å². The van der Waals surface area contributed by atoms with Gasteiger partial charge in [0.15, 0.2) is 0 Å². The van der Waals surface area contributed by atoms with Crippen molar-refractivity contribution in [3.63, 3.8) is 0 Å². The molecule has 1 aliphatic carbocycles. The molecule has 28 heavy (non-hydrogen) atoms. The van der Waals surface area contributed by atoms with Crippen LogP contribution in [0.25, 0.3) is 0 Å². The maximum Gasteiger partial charge on any atom is 0.202 e. The monoisotopic (exact) mass is 378 g/mol. The van der Waals surface area contributed by atoms with Gasteiger partial charge >= 0.3 is 0 Å². The molecule has 2 aromatic carbocycles. The quantitative estimate of drug-likeness (QED) is 0.558. The number of ketones is 2. The van der Waals surface area contributed by atoms with Gasteiger partial charge in [0.25, 0.3) is 0 Å². The van der Waals surface area contributed by atoms with E-state index in [2.05, 4.69) is 0 Å². The Labute approximate surface area is 166 Å². The summed E-state index contributed by atoms with van der Waals surface area (Å²) in [5.74, 6) is 0.440. The van der Waals surface area contributed by atoms with E-state index in [4.69, 9.17) is 9.47 Å². The van der Waals surface area contributed by atoms with E-state index in [1.54, 1.807) is 14.2 Å². The molecule has 0 unspecified atom stereocenters. The van der Waals surface area contributed by atoms with E-state index < -0.39 is 0 Å². The molecule has 0 heterocycles. The predicted octanol–water partition coefficient (Wildman–Crippen LogP) is 4.21.